The van der Waals surface area contributed by atoms with Gasteiger partial charge in [0.25, 0.3) is 0 Å². The molecule has 0 aliphatic heterocycles. The highest BCUT2D eigenvalue weighted by Gasteiger charge is 2.26. The molecule has 0 heterocycles. The third-order valence-electron chi connectivity index (χ3n) is 3.43. The van der Waals surface area contributed by atoms with Gasteiger partial charge < -0.3 is 4.74 Å². The van der Waals surface area contributed by atoms with Gasteiger partial charge in [-0.05, 0) is 45.6 Å². The van der Waals surface area contributed by atoms with Crippen molar-refractivity contribution >= 4 is 5.97 Å². The number of hydrogen-bond donors (Lipinski definition) is 1. The lowest BCUT2D eigenvalue weighted by Gasteiger charge is -2.27. The molecule has 3 heteroatoms. The van der Waals surface area contributed by atoms with E-state index < -0.39 is 5.60 Å². The zero-order valence-corrected chi connectivity index (χ0v) is 15.1. The number of benzene rings is 1. The van der Waals surface area contributed by atoms with Crippen molar-refractivity contribution in [2.75, 3.05) is 0 Å². The van der Waals surface area contributed by atoms with Crippen molar-refractivity contribution in [1.82, 2.24) is 5.32 Å². The summed E-state index contributed by atoms with van der Waals surface area (Å²) in [5, 5.41) is 3.45. The first-order valence-corrected chi connectivity index (χ1v) is 8.55. The number of rotatable bonds is 8. The molecule has 0 saturated heterocycles. The fraction of sp³-hybridized carbons (Fsp3) is 0.550. The molecule has 1 rings (SSSR count). The zero-order valence-electron chi connectivity index (χ0n) is 15.1. The van der Waals surface area contributed by atoms with Crippen LogP contribution in [0.15, 0.2) is 42.5 Å². The van der Waals surface area contributed by atoms with Gasteiger partial charge >= 0.3 is 5.97 Å². The Bertz CT molecular complexity index is 488. The van der Waals surface area contributed by atoms with E-state index in [1.165, 1.54) is 0 Å². The van der Waals surface area contributed by atoms with Gasteiger partial charge in [0.1, 0.15) is 11.6 Å². The molecule has 0 amide bonds. The lowest BCUT2D eigenvalue weighted by molar-refractivity contribution is -0.157. The van der Waals surface area contributed by atoms with Crippen molar-refractivity contribution in [3.8, 4) is 0 Å². The third kappa shape index (κ3) is 7.98. The SMILES string of the molecule is CC/C=C/[C@H](CC)N[C@@H](Cc1ccccc1)C(=O)OC(C)(C)C. The van der Waals surface area contributed by atoms with E-state index in [1.54, 1.807) is 0 Å². The standard InChI is InChI=1S/C20H31NO2/c1-6-8-14-17(7-2)21-18(19(22)23-20(3,4)5)15-16-12-10-9-11-13-16/h8-14,17-18,21H,6-7,15H2,1-5H3/b14-8+/t17-,18-/m0/s1. The van der Waals surface area contributed by atoms with Gasteiger partial charge in [-0.15, -0.1) is 0 Å². The second-order valence-electron chi connectivity index (χ2n) is 6.79. The van der Waals surface area contributed by atoms with E-state index >= 15 is 0 Å². The van der Waals surface area contributed by atoms with E-state index in [2.05, 4.69) is 31.3 Å². The first kappa shape index (κ1) is 19.4. The summed E-state index contributed by atoms with van der Waals surface area (Å²) in [4.78, 5) is 12.6. The third-order valence-corrected chi connectivity index (χ3v) is 3.43. The summed E-state index contributed by atoms with van der Waals surface area (Å²) in [5.74, 6) is -0.190. The fourth-order valence-electron chi connectivity index (χ4n) is 2.30. The molecule has 1 N–H and O–H groups in total. The van der Waals surface area contributed by atoms with Crippen molar-refractivity contribution in [2.45, 2.75) is 71.6 Å². The van der Waals surface area contributed by atoms with E-state index in [0.717, 1.165) is 18.4 Å². The van der Waals surface area contributed by atoms with E-state index in [9.17, 15) is 4.79 Å². The Hall–Kier alpha value is -1.61. The second-order valence-corrected chi connectivity index (χ2v) is 6.79. The summed E-state index contributed by atoms with van der Waals surface area (Å²) >= 11 is 0. The van der Waals surface area contributed by atoms with Crippen LogP contribution >= 0.6 is 0 Å². The molecule has 0 aliphatic carbocycles. The van der Waals surface area contributed by atoms with Gasteiger partial charge in [-0.3, -0.25) is 10.1 Å². The highest BCUT2D eigenvalue weighted by atomic mass is 16.6. The summed E-state index contributed by atoms with van der Waals surface area (Å²) in [5.41, 5.74) is 0.652. The monoisotopic (exact) mass is 317 g/mol. The largest absolute Gasteiger partial charge is 0.459 e. The summed E-state index contributed by atoms with van der Waals surface area (Å²) in [7, 11) is 0. The molecule has 23 heavy (non-hydrogen) atoms. The van der Waals surface area contributed by atoms with Gasteiger partial charge in [0.2, 0.25) is 0 Å². The highest BCUT2D eigenvalue weighted by Crippen LogP contribution is 2.12. The van der Waals surface area contributed by atoms with Gasteiger partial charge in [-0.25, -0.2) is 0 Å². The number of hydrogen-bond acceptors (Lipinski definition) is 3. The van der Waals surface area contributed by atoms with E-state index in [1.807, 2.05) is 51.1 Å². The molecule has 0 radical (unpaired) electrons. The second kappa shape index (κ2) is 9.51. The molecule has 0 fully saturated rings. The van der Waals surface area contributed by atoms with Gasteiger partial charge in [0.15, 0.2) is 0 Å². The Labute approximate surface area is 141 Å². The van der Waals surface area contributed by atoms with E-state index in [-0.39, 0.29) is 18.1 Å². The van der Waals surface area contributed by atoms with Crippen molar-refractivity contribution in [3.63, 3.8) is 0 Å². The van der Waals surface area contributed by atoms with Crippen LogP contribution in [-0.4, -0.2) is 23.7 Å². The van der Waals surface area contributed by atoms with Crippen LogP contribution in [0.5, 0.6) is 0 Å². The Morgan fingerprint density at radius 1 is 1.22 bits per heavy atom. The highest BCUT2D eigenvalue weighted by molar-refractivity contribution is 5.76. The minimum Gasteiger partial charge on any atom is -0.459 e. The van der Waals surface area contributed by atoms with Crippen LogP contribution in [0, 0.1) is 0 Å². The van der Waals surface area contributed by atoms with Crippen LogP contribution < -0.4 is 5.32 Å². The first-order valence-electron chi connectivity index (χ1n) is 8.55. The van der Waals surface area contributed by atoms with Gasteiger partial charge in [0, 0.05) is 6.04 Å². The molecule has 128 valence electrons. The van der Waals surface area contributed by atoms with Gasteiger partial charge in [0.05, 0.1) is 0 Å². The normalized spacial score (nSPS) is 14.7. The number of ether oxygens (including phenoxy) is 1. The number of allylic oxidation sites excluding steroid dienone is 1. The van der Waals surface area contributed by atoms with Crippen LogP contribution in [0.1, 0.15) is 53.0 Å². The summed E-state index contributed by atoms with van der Waals surface area (Å²) in [6.07, 6.45) is 6.84. The van der Waals surface area contributed by atoms with Crippen LogP contribution in [0.3, 0.4) is 0 Å². The lowest BCUT2D eigenvalue weighted by Crippen LogP contribution is -2.46. The van der Waals surface area contributed by atoms with E-state index in [4.69, 9.17) is 4.74 Å². The predicted octanol–water partition coefficient (Wildman–Crippen LogP) is 4.27. The maximum atomic E-state index is 12.6. The molecule has 1 aromatic carbocycles. The smallest absolute Gasteiger partial charge is 0.324 e. The number of carbonyl (C=O) groups excluding carboxylic acids is 1. The minimum absolute atomic E-state index is 0.177. The quantitative estimate of drug-likeness (QED) is 0.574. The van der Waals surface area contributed by atoms with Crippen LogP contribution in [-0.2, 0) is 16.0 Å². The Kier molecular flexibility index (Phi) is 8.04. The van der Waals surface area contributed by atoms with Gasteiger partial charge in [-0.1, -0.05) is 56.3 Å². The molecular weight excluding hydrogens is 286 g/mol. The van der Waals surface area contributed by atoms with Crippen molar-refractivity contribution < 1.29 is 9.53 Å². The first-order chi connectivity index (χ1) is 10.9. The molecule has 3 nitrogen and oxygen atoms in total. The summed E-state index contributed by atoms with van der Waals surface area (Å²) in [6.45, 7) is 9.93. The molecular formula is C20H31NO2. The molecule has 0 saturated carbocycles. The summed E-state index contributed by atoms with van der Waals surface area (Å²) in [6, 6.07) is 9.90. The average molecular weight is 317 g/mol. The maximum absolute atomic E-state index is 12.6. The van der Waals surface area contributed by atoms with Crippen molar-refractivity contribution in [3.05, 3.63) is 48.0 Å². The molecule has 0 spiro atoms. The maximum Gasteiger partial charge on any atom is 0.324 e. The number of esters is 1. The number of nitrogens with one attached hydrogen (secondary N) is 1. The Morgan fingerprint density at radius 2 is 1.87 bits per heavy atom. The topological polar surface area (TPSA) is 38.3 Å². The lowest BCUT2D eigenvalue weighted by atomic mass is 10.0. The fourth-order valence-corrected chi connectivity index (χ4v) is 2.30. The molecule has 0 unspecified atom stereocenters. The molecule has 1 aromatic rings. The number of carbonyl (C=O) groups is 1. The van der Waals surface area contributed by atoms with Crippen LogP contribution in [0.2, 0.25) is 0 Å². The van der Waals surface area contributed by atoms with E-state index in [0.29, 0.717) is 6.42 Å². The average Bonchev–Trinajstić information content (AvgIpc) is 2.49. The molecule has 0 aliphatic rings. The zero-order chi connectivity index (χ0) is 17.3. The Balaban J connectivity index is 2.86. The van der Waals surface area contributed by atoms with Gasteiger partial charge in [-0.2, -0.15) is 0 Å². The molecule has 2 atom stereocenters. The van der Waals surface area contributed by atoms with Crippen molar-refractivity contribution in [2.24, 2.45) is 0 Å². The predicted molar refractivity (Wildman–Crippen MR) is 96.4 cm³/mol. The Morgan fingerprint density at radius 3 is 2.39 bits per heavy atom. The summed E-state index contributed by atoms with van der Waals surface area (Å²) < 4.78 is 5.60. The molecule has 0 bridgehead atoms. The van der Waals surface area contributed by atoms with Crippen LogP contribution in [0.25, 0.3) is 0 Å². The van der Waals surface area contributed by atoms with Crippen molar-refractivity contribution in [1.29, 1.82) is 0 Å². The van der Waals surface area contributed by atoms with Crippen LogP contribution in [0.4, 0.5) is 0 Å². The minimum atomic E-state index is -0.478. The molecule has 0 aromatic heterocycles.